The van der Waals surface area contributed by atoms with Crippen LogP contribution in [0.15, 0.2) is 9.98 Å². The average Bonchev–Trinajstić information content (AvgIpc) is 2.16. The molecule has 1 unspecified atom stereocenters. The standard InChI is InChI=1S/C11H23N3.ClH/c1-5-11(14(3)4)8-7-9-13-10-12-6-2;/h11H,5-9H2,1-4H3;1H. The maximum Gasteiger partial charge on any atom is 0.0892 e. The van der Waals surface area contributed by atoms with Crippen LogP contribution in [-0.2, 0) is 0 Å². The molecule has 15 heavy (non-hydrogen) atoms. The lowest BCUT2D eigenvalue weighted by Crippen LogP contribution is -2.27. The van der Waals surface area contributed by atoms with Gasteiger partial charge in [-0.25, -0.2) is 9.98 Å². The SMILES string of the molecule is CCN=C=NCCCC(CC)N(C)C.Cl. The molecule has 0 aromatic heterocycles. The topological polar surface area (TPSA) is 28.0 Å². The van der Waals surface area contributed by atoms with Crippen molar-refractivity contribution in [2.24, 2.45) is 9.98 Å². The van der Waals surface area contributed by atoms with E-state index in [-0.39, 0.29) is 12.4 Å². The highest BCUT2D eigenvalue weighted by Crippen LogP contribution is 2.06. The Morgan fingerprint density at radius 2 is 1.87 bits per heavy atom. The molecular formula is C11H24ClN3. The summed E-state index contributed by atoms with van der Waals surface area (Å²) >= 11 is 0. The van der Waals surface area contributed by atoms with Crippen LogP contribution in [0, 0.1) is 0 Å². The van der Waals surface area contributed by atoms with Crippen LogP contribution in [0.5, 0.6) is 0 Å². The van der Waals surface area contributed by atoms with Gasteiger partial charge < -0.3 is 4.90 Å². The lowest BCUT2D eigenvalue weighted by atomic mass is 10.1. The second kappa shape index (κ2) is 11.7. The van der Waals surface area contributed by atoms with Gasteiger partial charge in [0.25, 0.3) is 0 Å². The third-order valence-electron chi connectivity index (χ3n) is 2.31. The molecule has 0 amide bonds. The molecule has 0 spiro atoms. The predicted molar refractivity (Wildman–Crippen MR) is 69.5 cm³/mol. The molecule has 90 valence electrons. The summed E-state index contributed by atoms with van der Waals surface area (Å²) in [7, 11) is 4.27. The van der Waals surface area contributed by atoms with Crippen LogP contribution in [0.25, 0.3) is 0 Å². The molecule has 0 aromatic carbocycles. The first-order valence-electron chi connectivity index (χ1n) is 5.46. The van der Waals surface area contributed by atoms with E-state index >= 15 is 0 Å². The monoisotopic (exact) mass is 233 g/mol. The fourth-order valence-electron chi connectivity index (χ4n) is 1.40. The smallest absolute Gasteiger partial charge is 0.0892 e. The van der Waals surface area contributed by atoms with Gasteiger partial charge in [-0.05, 0) is 40.3 Å². The molecule has 1 atom stereocenters. The molecule has 4 heteroatoms. The second-order valence-electron chi connectivity index (χ2n) is 3.62. The highest BCUT2D eigenvalue weighted by atomic mass is 35.5. The van der Waals surface area contributed by atoms with Crippen LogP contribution in [0.4, 0.5) is 0 Å². The van der Waals surface area contributed by atoms with Gasteiger partial charge in [0.05, 0.1) is 6.01 Å². The third-order valence-corrected chi connectivity index (χ3v) is 2.31. The van der Waals surface area contributed by atoms with Crippen molar-refractivity contribution < 1.29 is 0 Å². The molecule has 0 aliphatic rings. The largest absolute Gasteiger partial charge is 0.306 e. The van der Waals surface area contributed by atoms with E-state index in [9.17, 15) is 0 Å². The Bertz CT molecular complexity index is 186. The molecule has 3 nitrogen and oxygen atoms in total. The van der Waals surface area contributed by atoms with Crippen molar-refractivity contribution in [2.45, 2.75) is 39.2 Å². The Balaban J connectivity index is 0. The summed E-state index contributed by atoms with van der Waals surface area (Å²) in [4.78, 5) is 10.3. The van der Waals surface area contributed by atoms with Crippen molar-refractivity contribution in [1.29, 1.82) is 0 Å². The van der Waals surface area contributed by atoms with E-state index in [4.69, 9.17) is 0 Å². The normalized spacial score (nSPS) is 11.5. The van der Waals surface area contributed by atoms with E-state index in [1.165, 1.54) is 12.8 Å². The number of rotatable bonds is 7. The molecule has 0 bridgehead atoms. The molecule has 0 saturated carbocycles. The summed E-state index contributed by atoms with van der Waals surface area (Å²) in [5.41, 5.74) is 0. The van der Waals surface area contributed by atoms with Crippen molar-refractivity contribution in [2.75, 3.05) is 27.2 Å². The molecule has 0 fully saturated rings. The van der Waals surface area contributed by atoms with Gasteiger partial charge in [-0.3, -0.25) is 0 Å². The van der Waals surface area contributed by atoms with E-state index in [0.29, 0.717) is 6.04 Å². The van der Waals surface area contributed by atoms with Crippen LogP contribution >= 0.6 is 12.4 Å². The molecule has 0 aliphatic heterocycles. The van der Waals surface area contributed by atoms with Crippen molar-refractivity contribution in [3.8, 4) is 0 Å². The molecule has 0 aromatic rings. The van der Waals surface area contributed by atoms with Crippen molar-refractivity contribution in [3.05, 3.63) is 0 Å². The van der Waals surface area contributed by atoms with Gasteiger partial charge in [0.2, 0.25) is 0 Å². The number of aliphatic imine (C=N–C) groups is 2. The second-order valence-corrected chi connectivity index (χ2v) is 3.62. The lowest BCUT2D eigenvalue weighted by molar-refractivity contribution is 0.268. The zero-order valence-corrected chi connectivity index (χ0v) is 11.2. The zero-order chi connectivity index (χ0) is 10.8. The number of halogens is 1. The van der Waals surface area contributed by atoms with Gasteiger partial charge in [-0.15, -0.1) is 12.4 Å². The van der Waals surface area contributed by atoms with Gasteiger partial charge in [-0.1, -0.05) is 6.92 Å². The van der Waals surface area contributed by atoms with Crippen LogP contribution in [0.2, 0.25) is 0 Å². The Morgan fingerprint density at radius 1 is 1.20 bits per heavy atom. The van der Waals surface area contributed by atoms with Gasteiger partial charge in [0.15, 0.2) is 0 Å². The number of hydrogen-bond donors (Lipinski definition) is 0. The fraction of sp³-hybridized carbons (Fsp3) is 0.909. The Labute approximate surface area is 100 Å². The zero-order valence-electron chi connectivity index (χ0n) is 10.4. The Kier molecular flexibility index (Phi) is 13.3. The predicted octanol–water partition coefficient (Wildman–Crippen LogP) is 2.72. The van der Waals surface area contributed by atoms with Gasteiger partial charge in [0.1, 0.15) is 0 Å². The summed E-state index contributed by atoms with van der Waals surface area (Å²) in [6.45, 7) is 5.85. The van der Waals surface area contributed by atoms with Crippen molar-refractivity contribution >= 4 is 18.4 Å². The van der Waals surface area contributed by atoms with Crippen LogP contribution in [0.1, 0.15) is 33.1 Å². The van der Waals surface area contributed by atoms with Crippen LogP contribution in [0.3, 0.4) is 0 Å². The van der Waals surface area contributed by atoms with Crippen LogP contribution in [-0.4, -0.2) is 44.1 Å². The van der Waals surface area contributed by atoms with E-state index in [1.807, 2.05) is 6.92 Å². The molecule has 0 radical (unpaired) electrons. The Morgan fingerprint density at radius 3 is 2.33 bits per heavy atom. The van der Waals surface area contributed by atoms with E-state index in [1.54, 1.807) is 0 Å². The highest BCUT2D eigenvalue weighted by Gasteiger charge is 2.06. The van der Waals surface area contributed by atoms with Gasteiger partial charge in [-0.2, -0.15) is 0 Å². The molecular weight excluding hydrogens is 210 g/mol. The molecule has 0 heterocycles. The van der Waals surface area contributed by atoms with E-state index < -0.39 is 0 Å². The van der Waals surface area contributed by atoms with E-state index in [2.05, 4.69) is 41.9 Å². The minimum Gasteiger partial charge on any atom is -0.306 e. The summed E-state index contributed by atoms with van der Waals surface area (Å²) in [5.74, 6) is 0. The third kappa shape index (κ3) is 9.92. The maximum atomic E-state index is 4.09. The molecule has 0 rings (SSSR count). The first-order valence-corrected chi connectivity index (χ1v) is 5.46. The van der Waals surface area contributed by atoms with Crippen LogP contribution < -0.4 is 0 Å². The van der Waals surface area contributed by atoms with Crippen molar-refractivity contribution in [3.63, 3.8) is 0 Å². The first kappa shape index (κ1) is 17.0. The quantitative estimate of drug-likeness (QED) is 0.491. The summed E-state index contributed by atoms with van der Waals surface area (Å²) in [6, 6.07) is 3.38. The van der Waals surface area contributed by atoms with Gasteiger partial charge in [0, 0.05) is 19.1 Å². The lowest BCUT2D eigenvalue weighted by Gasteiger charge is -2.22. The minimum absolute atomic E-state index is 0. The summed E-state index contributed by atoms with van der Waals surface area (Å²) in [6.07, 6.45) is 3.55. The summed E-state index contributed by atoms with van der Waals surface area (Å²) in [5, 5.41) is 0. The molecule has 0 N–H and O–H groups in total. The number of hydrogen-bond acceptors (Lipinski definition) is 3. The van der Waals surface area contributed by atoms with Gasteiger partial charge >= 0.3 is 0 Å². The van der Waals surface area contributed by atoms with Crippen molar-refractivity contribution in [1.82, 2.24) is 4.90 Å². The number of nitrogens with zero attached hydrogens (tertiary/aromatic N) is 3. The van der Waals surface area contributed by atoms with E-state index in [0.717, 1.165) is 19.5 Å². The maximum absolute atomic E-state index is 4.09. The first-order chi connectivity index (χ1) is 6.72. The average molecular weight is 234 g/mol. The molecule has 0 aliphatic carbocycles. The fourth-order valence-corrected chi connectivity index (χ4v) is 1.40. The molecule has 0 saturated heterocycles. The Hall–Kier alpha value is -0.370. The summed E-state index contributed by atoms with van der Waals surface area (Å²) < 4.78 is 0. The minimum atomic E-state index is 0. The highest BCUT2D eigenvalue weighted by molar-refractivity contribution is 5.85.